The molecule has 116 valence electrons. The topological polar surface area (TPSA) is 83.4 Å². The zero-order chi connectivity index (χ0) is 16.4. The monoisotopic (exact) mass is 309 g/mol. The van der Waals surface area contributed by atoms with E-state index in [1.807, 2.05) is 0 Å². The molecule has 0 bridgehead atoms. The van der Waals surface area contributed by atoms with Crippen LogP contribution in [0.2, 0.25) is 0 Å². The minimum absolute atomic E-state index is 0.418. The highest BCUT2D eigenvalue weighted by atomic mass is 16.5. The van der Waals surface area contributed by atoms with E-state index in [-0.39, 0.29) is 0 Å². The van der Waals surface area contributed by atoms with E-state index in [0.717, 1.165) is 0 Å². The van der Waals surface area contributed by atoms with Gasteiger partial charge in [-0.2, -0.15) is 5.26 Å². The summed E-state index contributed by atoms with van der Waals surface area (Å²) in [6, 6.07) is 14.3. The first-order chi connectivity index (χ1) is 11.1. The summed E-state index contributed by atoms with van der Waals surface area (Å²) < 4.78 is 10.3. The van der Waals surface area contributed by atoms with E-state index in [2.05, 4.69) is 16.7 Å². The van der Waals surface area contributed by atoms with Crippen LogP contribution >= 0.6 is 0 Å². The Morgan fingerprint density at radius 1 is 1.09 bits per heavy atom. The van der Waals surface area contributed by atoms with Crippen molar-refractivity contribution in [2.75, 3.05) is 24.9 Å². The summed E-state index contributed by atoms with van der Waals surface area (Å²) in [5, 5.41) is 15.5. The van der Waals surface area contributed by atoms with Crippen LogP contribution in [0.4, 0.5) is 11.4 Å². The summed E-state index contributed by atoms with van der Waals surface area (Å²) >= 11 is 0. The van der Waals surface area contributed by atoms with Gasteiger partial charge in [0.1, 0.15) is 17.6 Å². The standard InChI is InChI=1S/C17H15N3O3/c1-22-12-5-3-11(4-6-12)20-17(10-18)14-9-13(23-2)7-8-15(14)19-16(17)21/h3-9,20H,1-2H3,(H,19,21). The Labute approximate surface area is 133 Å². The van der Waals surface area contributed by atoms with E-state index in [4.69, 9.17) is 9.47 Å². The summed E-state index contributed by atoms with van der Waals surface area (Å²) in [6.07, 6.45) is 0. The second-order valence-electron chi connectivity index (χ2n) is 5.08. The molecule has 1 aliphatic rings. The van der Waals surface area contributed by atoms with Crippen LogP contribution in [0.3, 0.4) is 0 Å². The maximum atomic E-state index is 12.4. The molecular weight excluding hydrogens is 294 g/mol. The summed E-state index contributed by atoms with van der Waals surface area (Å²) in [4.78, 5) is 12.4. The number of carbonyl (C=O) groups is 1. The van der Waals surface area contributed by atoms with E-state index in [0.29, 0.717) is 28.4 Å². The fourth-order valence-corrected chi connectivity index (χ4v) is 2.56. The lowest BCUT2D eigenvalue weighted by molar-refractivity contribution is -0.118. The molecule has 1 amide bonds. The average molecular weight is 309 g/mol. The summed E-state index contributed by atoms with van der Waals surface area (Å²) in [5.41, 5.74) is 0.273. The molecule has 1 aliphatic heterocycles. The van der Waals surface area contributed by atoms with E-state index in [1.165, 1.54) is 7.11 Å². The molecule has 0 aromatic heterocycles. The minimum Gasteiger partial charge on any atom is -0.497 e. The number of nitrogens with one attached hydrogen (secondary N) is 2. The van der Waals surface area contributed by atoms with Crippen LogP contribution in [0, 0.1) is 11.3 Å². The molecule has 0 aliphatic carbocycles. The number of nitriles is 1. The number of hydrogen-bond acceptors (Lipinski definition) is 5. The molecule has 0 saturated carbocycles. The molecule has 2 aromatic rings. The third-order valence-electron chi connectivity index (χ3n) is 3.81. The Morgan fingerprint density at radius 2 is 1.74 bits per heavy atom. The van der Waals surface area contributed by atoms with Crippen molar-refractivity contribution in [3.05, 3.63) is 48.0 Å². The third kappa shape index (κ3) is 2.32. The van der Waals surface area contributed by atoms with Gasteiger partial charge in [0.05, 0.1) is 14.2 Å². The number of fused-ring (bicyclic) bond motifs is 1. The van der Waals surface area contributed by atoms with Crippen LogP contribution in [-0.2, 0) is 10.3 Å². The zero-order valence-corrected chi connectivity index (χ0v) is 12.7. The number of anilines is 2. The number of amides is 1. The Kier molecular flexibility index (Phi) is 3.54. The molecule has 0 fully saturated rings. The predicted octanol–water partition coefficient (Wildman–Crippen LogP) is 2.49. The molecule has 23 heavy (non-hydrogen) atoms. The molecule has 3 rings (SSSR count). The molecule has 1 unspecified atom stereocenters. The lowest BCUT2D eigenvalue weighted by atomic mass is 9.92. The largest absolute Gasteiger partial charge is 0.497 e. The normalized spacial score (nSPS) is 18.6. The van der Waals surface area contributed by atoms with E-state index in [9.17, 15) is 10.1 Å². The zero-order valence-electron chi connectivity index (χ0n) is 12.7. The Balaban J connectivity index is 2.04. The van der Waals surface area contributed by atoms with Crippen LogP contribution in [0.5, 0.6) is 11.5 Å². The molecular formula is C17H15N3O3. The van der Waals surface area contributed by atoms with Crippen molar-refractivity contribution in [1.82, 2.24) is 0 Å². The fourth-order valence-electron chi connectivity index (χ4n) is 2.56. The van der Waals surface area contributed by atoms with Crippen LogP contribution in [0.25, 0.3) is 0 Å². The number of methoxy groups -OCH3 is 2. The SMILES string of the molecule is COc1ccc(NC2(C#N)C(=O)Nc3ccc(OC)cc32)cc1. The maximum Gasteiger partial charge on any atom is 0.269 e. The quantitative estimate of drug-likeness (QED) is 0.906. The maximum absolute atomic E-state index is 12.4. The first-order valence-corrected chi connectivity index (χ1v) is 6.96. The van der Waals surface area contributed by atoms with Crippen molar-refractivity contribution in [1.29, 1.82) is 5.26 Å². The Morgan fingerprint density at radius 3 is 2.35 bits per heavy atom. The van der Waals surface area contributed by atoms with Gasteiger partial charge >= 0.3 is 0 Å². The van der Waals surface area contributed by atoms with Crippen molar-refractivity contribution in [2.45, 2.75) is 5.54 Å². The minimum atomic E-state index is -1.50. The number of carbonyl (C=O) groups excluding carboxylic acids is 1. The average Bonchev–Trinajstić information content (AvgIpc) is 2.87. The van der Waals surface area contributed by atoms with Crippen LogP contribution < -0.4 is 20.1 Å². The van der Waals surface area contributed by atoms with Crippen molar-refractivity contribution in [3.63, 3.8) is 0 Å². The van der Waals surface area contributed by atoms with Gasteiger partial charge in [-0.05, 0) is 42.5 Å². The Hall–Kier alpha value is -3.20. The van der Waals surface area contributed by atoms with Gasteiger partial charge in [0.15, 0.2) is 0 Å². The van der Waals surface area contributed by atoms with Gasteiger partial charge in [0.25, 0.3) is 5.91 Å². The molecule has 0 saturated heterocycles. The van der Waals surface area contributed by atoms with Crippen LogP contribution in [0.1, 0.15) is 5.56 Å². The van der Waals surface area contributed by atoms with Gasteiger partial charge in [-0.1, -0.05) is 0 Å². The number of nitrogens with zero attached hydrogens (tertiary/aromatic N) is 1. The smallest absolute Gasteiger partial charge is 0.269 e. The molecule has 0 radical (unpaired) electrons. The van der Waals surface area contributed by atoms with Gasteiger partial charge in [0, 0.05) is 16.9 Å². The molecule has 6 nitrogen and oxygen atoms in total. The summed E-state index contributed by atoms with van der Waals surface area (Å²) in [6.45, 7) is 0. The Bertz CT molecular complexity index is 796. The van der Waals surface area contributed by atoms with Crippen molar-refractivity contribution < 1.29 is 14.3 Å². The second-order valence-corrected chi connectivity index (χ2v) is 5.08. The van der Waals surface area contributed by atoms with Crippen molar-refractivity contribution in [2.24, 2.45) is 0 Å². The van der Waals surface area contributed by atoms with Crippen molar-refractivity contribution >= 4 is 17.3 Å². The number of benzene rings is 2. The summed E-state index contributed by atoms with van der Waals surface area (Å²) in [5.74, 6) is 0.856. The van der Waals surface area contributed by atoms with Gasteiger partial charge < -0.3 is 20.1 Å². The number of rotatable bonds is 4. The lowest BCUT2D eigenvalue weighted by Gasteiger charge is -2.22. The highest BCUT2D eigenvalue weighted by molar-refractivity contribution is 6.10. The number of hydrogen-bond donors (Lipinski definition) is 2. The summed E-state index contributed by atoms with van der Waals surface area (Å²) in [7, 11) is 3.11. The van der Waals surface area contributed by atoms with Gasteiger partial charge in [-0.3, -0.25) is 4.79 Å². The van der Waals surface area contributed by atoms with Gasteiger partial charge in [-0.25, -0.2) is 0 Å². The van der Waals surface area contributed by atoms with Crippen LogP contribution in [-0.4, -0.2) is 20.1 Å². The highest BCUT2D eigenvalue weighted by Crippen LogP contribution is 2.40. The highest BCUT2D eigenvalue weighted by Gasteiger charge is 2.48. The fraction of sp³-hybridized carbons (Fsp3) is 0.176. The van der Waals surface area contributed by atoms with E-state index in [1.54, 1.807) is 49.6 Å². The van der Waals surface area contributed by atoms with E-state index < -0.39 is 11.4 Å². The molecule has 6 heteroatoms. The molecule has 0 spiro atoms. The molecule has 2 aromatic carbocycles. The van der Waals surface area contributed by atoms with Gasteiger partial charge in [-0.15, -0.1) is 0 Å². The van der Waals surface area contributed by atoms with Crippen molar-refractivity contribution in [3.8, 4) is 17.6 Å². The second kappa shape index (κ2) is 5.54. The number of ether oxygens (including phenoxy) is 2. The lowest BCUT2D eigenvalue weighted by Crippen LogP contribution is -2.40. The van der Waals surface area contributed by atoms with Gasteiger partial charge in [0.2, 0.25) is 5.54 Å². The first-order valence-electron chi connectivity index (χ1n) is 6.96. The molecule has 1 atom stereocenters. The molecule has 1 heterocycles. The third-order valence-corrected chi connectivity index (χ3v) is 3.81. The predicted molar refractivity (Wildman–Crippen MR) is 85.5 cm³/mol. The first kappa shape index (κ1) is 14.7. The van der Waals surface area contributed by atoms with Crippen LogP contribution in [0.15, 0.2) is 42.5 Å². The molecule has 2 N–H and O–H groups in total. The van der Waals surface area contributed by atoms with E-state index >= 15 is 0 Å².